The van der Waals surface area contributed by atoms with Crippen LogP contribution in [0.3, 0.4) is 0 Å². The van der Waals surface area contributed by atoms with E-state index in [1.807, 2.05) is 0 Å². The summed E-state index contributed by atoms with van der Waals surface area (Å²) >= 11 is 0. The molecule has 0 unspecified atom stereocenters. The highest BCUT2D eigenvalue weighted by Crippen LogP contribution is 2.26. The van der Waals surface area contributed by atoms with Crippen LogP contribution >= 0.6 is 0 Å². The number of nitrogens with two attached hydrogens (primary N) is 1. The number of H-pyrrole nitrogens is 1. The SMILES string of the molecule is CS(=O)(=O)c1cccc2[nH]c(-c3ccc(N)c(F)c3)nc12. The average Bonchev–Trinajstić information content (AvgIpc) is 2.84. The van der Waals surface area contributed by atoms with Crippen molar-refractivity contribution in [3.8, 4) is 11.4 Å². The molecule has 2 aromatic carbocycles. The number of aromatic nitrogens is 2. The lowest BCUT2D eigenvalue weighted by molar-refractivity contribution is 0.602. The zero-order valence-corrected chi connectivity index (χ0v) is 11.9. The van der Waals surface area contributed by atoms with Gasteiger partial charge in [0.05, 0.1) is 16.1 Å². The van der Waals surface area contributed by atoms with E-state index in [0.717, 1.165) is 6.26 Å². The van der Waals surface area contributed by atoms with Crippen molar-refractivity contribution in [3.63, 3.8) is 0 Å². The van der Waals surface area contributed by atoms with Gasteiger partial charge in [0, 0.05) is 11.8 Å². The number of sulfone groups is 1. The summed E-state index contributed by atoms with van der Waals surface area (Å²) in [4.78, 5) is 7.40. The molecule has 1 heterocycles. The average molecular weight is 305 g/mol. The first-order valence-electron chi connectivity index (χ1n) is 6.10. The van der Waals surface area contributed by atoms with Gasteiger partial charge in [0.15, 0.2) is 9.84 Å². The van der Waals surface area contributed by atoms with Gasteiger partial charge in [-0.15, -0.1) is 0 Å². The molecular weight excluding hydrogens is 293 g/mol. The van der Waals surface area contributed by atoms with Gasteiger partial charge in [-0.05, 0) is 30.3 Å². The second-order valence-corrected chi connectivity index (χ2v) is 6.73. The van der Waals surface area contributed by atoms with E-state index in [4.69, 9.17) is 5.73 Å². The van der Waals surface area contributed by atoms with E-state index in [1.165, 1.54) is 18.2 Å². The first kappa shape index (κ1) is 13.6. The lowest BCUT2D eigenvalue weighted by Crippen LogP contribution is -1.97. The number of rotatable bonds is 2. The van der Waals surface area contributed by atoms with E-state index in [2.05, 4.69) is 9.97 Å². The van der Waals surface area contributed by atoms with E-state index in [1.54, 1.807) is 18.2 Å². The monoisotopic (exact) mass is 305 g/mol. The molecule has 0 fully saturated rings. The number of fused-ring (bicyclic) bond motifs is 1. The fraction of sp³-hybridized carbons (Fsp3) is 0.0714. The van der Waals surface area contributed by atoms with Gasteiger partial charge in [0.1, 0.15) is 17.2 Å². The van der Waals surface area contributed by atoms with Crippen LogP contribution in [0, 0.1) is 5.82 Å². The summed E-state index contributed by atoms with van der Waals surface area (Å²) in [5, 5.41) is 0. The summed E-state index contributed by atoms with van der Waals surface area (Å²) in [6.45, 7) is 0. The predicted molar refractivity (Wildman–Crippen MR) is 79.0 cm³/mol. The van der Waals surface area contributed by atoms with Crippen LogP contribution in [0.2, 0.25) is 0 Å². The van der Waals surface area contributed by atoms with Crippen LogP contribution in [0.1, 0.15) is 0 Å². The summed E-state index contributed by atoms with van der Waals surface area (Å²) in [5.74, 6) is -0.156. The summed E-state index contributed by atoms with van der Waals surface area (Å²) < 4.78 is 37.0. The zero-order chi connectivity index (χ0) is 15.2. The molecule has 0 aliphatic heterocycles. The van der Waals surface area contributed by atoms with Crippen LogP contribution in [0.4, 0.5) is 10.1 Å². The number of nitrogens with zero attached hydrogens (tertiary/aromatic N) is 1. The zero-order valence-electron chi connectivity index (χ0n) is 11.1. The Morgan fingerprint density at radius 2 is 2.00 bits per heavy atom. The number of nitrogens with one attached hydrogen (secondary N) is 1. The number of para-hydroxylation sites is 1. The van der Waals surface area contributed by atoms with E-state index < -0.39 is 15.7 Å². The third kappa shape index (κ3) is 2.36. The molecule has 108 valence electrons. The van der Waals surface area contributed by atoms with Crippen LogP contribution in [-0.2, 0) is 9.84 Å². The third-order valence-corrected chi connectivity index (χ3v) is 4.28. The summed E-state index contributed by atoms with van der Waals surface area (Å²) in [5.41, 5.74) is 6.90. The highest BCUT2D eigenvalue weighted by Gasteiger charge is 2.16. The topological polar surface area (TPSA) is 88.8 Å². The molecule has 0 saturated carbocycles. The highest BCUT2D eigenvalue weighted by atomic mass is 32.2. The molecule has 3 aromatic rings. The standard InChI is InChI=1S/C14H12FN3O2S/c1-21(19,20)12-4-2-3-11-13(12)18-14(17-11)8-5-6-10(16)9(15)7-8/h2-7H,16H2,1H3,(H,17,18). The van der Waals surface area contributed by atoms with Gasteiger partial charge in [-0.3, -0.25) is 0 Å². The Balaban J connectivity index is 2.24. The minimum atomic E-state index is -3.39. The van der Waals surface area contributed by atoms with E-state index >= 15 is 0 Å². The summed E-state index contributed by atoms with van der Waals surface area (Å²) in [7, 11) is -3.39. The minimum Gasteiger partial charge on any atom is -0.396 e. The third-order valence-electron chi connectivity index (χ3n) is 3.15. The Morgan fingerprint density at radius 1 is 1.24 bits per heavy atom. The van der Waals surface area contributed by atoms with Gasteiger partial charge in [0.2, 0.25) is 0 Å². The van der Waals surface area contributed by atoms with E-state index in [0.29, 0.717) is 22.4 Å². The molecule has 0 saturated heterocycles. The van der Waals surface area contributed by atoms with Crippen LogP contribution in [0.25, 0.3) is 22.4 Å². The minimum absolute atomic E-state index is 0.0479. The van der Waals surface area contributed by atoms with Crippen molar-refractivity contribution in [1.29, 1.82) is 0 Å². The lowest BCUT2D eigenvalue weighted by atomic mass is 10.2. The van der Waals surface area contributed by atoms with Gasteiger partial charge >= 0.3 is 0 Å². The number of aromatic amines is 1. The molecule has 0 aliphatic carbocycles. The number of halogens is 1. The number of anilines is 1. The maximum atomic E-state index is 13.5. The molecule has 3 N–H and O–H groups in total. The molecular formula is C14H12FN3O2S. The number of imidazole rings is 1. The Kier molecular flexibility index (Phi) is 2.94. The molecule has 0 bridgehead atoms. The Hall–Kier alpha value is -2.41. The number of hydrogen-bond donors (Lipinski definition) is 2. The van der Waals surface area contributed by atoms with Crippen LogP contribution in [0.15, 0.2) is 41.3 Å². The first-order valence-corrected chi connectivity index (χ1v) is 7.99. The summed E-state index contributed by atoms with van der Waals surface area (Å²) in [6, 6.07) is 9.16. The largest absolute Gasteiger partial charge is 0.396 e. The maximum Gasteiger partial charge on any atom is 0.177 e. The molecule has 0 atom stereocenters. The Labute approximate surface area is 120 Å². The number of benzene rings is 2. The summed E-state index contributed by atoms with van der Waals surface area (Å²) in [6.07, 6.45) is 1.12. The molecule has 5 nitrogen and oxygen atoms in total. The van der Waals surface area contributed by atoms with Crippen molar-refractivity contribution in [1.82, 2.24) is 9.97 Å². The van der Waals surface area contributed by atoms with Gasteiger partial charge in [0.25, 0.3) is 0 Å². The fourth-order valence-electron chi connectivity index (χ4n) is 2.12. The lowest BCUT2D eigenvalue weighted by Gasteiger charge is -1.99. The van der Waals surface area contributed by atoms with Crippen molar-refractivity contribution in [3.05, 3.63) is 42.2 Å². The van der Waals surface area contributed by atoms with Crippen molar-refractivity contribution < 1.29 is 12.8 Å². The quantitative estimate of drug-likeness (QED) is 0.711. The number of nitrogen functional groups attached to an aromatic ring is 1. The molecule has 3 rings (SSSR count). The Bertz CT molecular complexity index is 948. The molecule has 0 spiro atoms. The second-order valence-electron chi connectivity index (χ2n) is 4.75. The fourth-order valence-corrected chi connectivity index (χ4v) is 2.95. The Morgan fingerprint density at radius 3 is 2.67 bits per heavy atom. The van der Waals surface area contributed by atoms with E-state index in [-0.39, 0.29) is 10.6 Å². The van der Waals surface area contributed by atoms with Crippen molar-refractivity contribution >= 4 is 26.6 Å². The van der Waals surface area contributed by atoms with Gasteiger partial charge < -0.3 is 10.7 Å². The smallest absolute Gasteiger partial charge is 0.177 e. The van der Waals surface area contributed by atoms with Gasteiger partial charge in [-0.2, -0.15) is 0 Å². The second kappa shape index (κ2) is 4.56. The van der Waals surface area contributed by atoms with Crippen LogP contribution in [0.5, 0.6) is 0 Å². The molecule has 21 heavy (non-hydrogen) atoms. The molecule has 0 amide bonds. The molecule has 1 aromatic heterocycles. The molecule has 7 heteroatoms. The van der Waals surface area contributed by atoms with E-state index in [9.17, 15) is 12.8 Å². The van der Waals surface area contributed by atoms with Crippen LogP contribution < -0.4 is 5.73 Å². The molecule has 0 aliphatic rings. The van der Waals surface area contributed by atoms with Crippen molar-refractivity contribution in [2.24, 2.45) is 0 Å². The first-order chi connectivity index (χ1) is 9.86. The highest BCUT2D eigenvalue weighted by molar-refractivity contribution is 7.91. The van der Waals surface area contributed by atoms with Crippen LogP contribution in [-0.4, -0.2) is 24.6 Å². The van der Waals surface area contributed by atoms with Crippen molar-refractivity contribution in [2.45, 2.75) is 4.90 Å². The predicted octanol–water partition coefficient (Wildman–Crippen LogP) is 2.35. The van der Waals surface area contributed by atoms with Crippen molar-refractivity contribution in [2.75, 3.05) is 12.0 Å². The van der Waals surface area contributed by atoms with Gasteiger partial charge in [-0.1, -0.05) is 6.07 Å². The normalized spacial score (nSPS) is 11.9. The number of hydrogen-bond acceptors (Lipinski definition) is 4. The van der Waals surface area contributed by atoms with Gasteiger partial charge in [-0.25, -0.2) is 17.8 Å². The maximum absolute atomic E-state index is 13.5. The molecule has 0 radical (unpaired) electrons.